The van der Waals surface area contributed by atoms with Crippen molar-refractivity contribution in [3.63, 3.8) is 0 Å². The molecule has 0 unspecified atom stereocenters. The van der Waals surface area contributed by atoms with Crippen LogP contribution < -0.4 is 10.6 Å². The number of nitrogens with one attached hydrogen (secondary N) is 2. The molecule has 112 valence electrons. The summed E-state index contributed by atoms with van der Waals surface area (Å²) in [4.78, 5) is 37.7. The van der Waals surface area contributed by atoms with E-state index < -0.39 is 11.9 Å². The van der Waals surface area contributed by atoms with Crippen LogP contribution in [0.4, 0.5) is 0 Å². The smallest absolute Gasteiger partial charge is 0.328 e. The second kappa shape index (κ2) is 8.47. The van der Waals surface area contributed by atoms with E-state index in [-0.39, 0.29) is 24.6 Å². The minimum absolute atomic E-state index is 0.117. The van der Waals surface area contributed by atoms with Crippen molar-refractivity contribution in [3.05, 3.63) is 35.7 Å². The number of aliphatic carboxylic acids is 1. The number of rotatable bonds is 7. The predicted octanol–water partition coefficient (Wildman–Crippen LogP) is 0.435. The molecule has 0 bridgehead atoms. The lowest BCUT2D eigenvalue weighted by Crippen LogP contribution is -2.31. The Morgan fingerprint density at radius 3 is 2.76 bits per heavy atom. The van der Waals surface area contributed by atoms with Crippen molar-refractivity contribution in [1.82, 2.24) is 15.6 Å². The van der Waals surface area contributed by atoms with Crippen LogP contribution in [-0.2, 0) is 9.59 Å². The molecule has 21 heavy (non-hydrogen) atoms. The molecule has 3 N–H and O–H groups in total. The van der Waals surface area contributed by atoms with Gasteiger partial charge in [0.15, 0.2) is 0 Å². The Kier molecular flexibility index (Phi) is 6.59. The van der Waals surface area contributed by atoms with E-state index in [1.54, 1.807) is 12.1 Å². The van der Waals surface area contributed by atoms with E-state index in [2.05, 4.69) is 15.6 Å². The largest absolute Gasteiger partial charge is 0.478 e. The predicted molar refractivity (Wildman–Crippen MR) is 76.5 cm³/mol. The quantitative estimate of drug-likeness (QED) is 0.631. The monoisotopic (exact) mass is 291 g/mol. The first kappa shape index (κ1) is 16.4. The molecule has 0 radical (unpaired) electrons. The SMILES string of the molecule is CCNC(=O)CCNC(=O)c1ncccc1/C=C/C(=O)O. The van der Waals surface area contributed by atoms with Gasteiger partial charge in [-0.1, -0.05) is 6.07 Å². The molecule has 1 heterocycles. The van der Waals surface area contributed by atoms with Gasteiger partial charge in [0.25, 0.3) is 5.91 Å². The summed E-state index contributed by atoms with van der Waals surface area (Å²) in [5.74, 6) is -1.71. The van der Waals surface area contributed by atoms with Crippen molar-refractivity contribution >= 4 is 23.9 Å². The van der Waals surface area contributed by atoms with E-state index >= 15 is 0 Å². The first-order valence-electron chi connectivity index (χ1n) is 6.45. The average Bonchev–Trinajstić information content (AvgIpc) is 2.45. The number of aromatic nitrogens is 1. The van der Waals surface area contributed by atoms with Gasteiger partial charge in [-0.25, -0.2) is 4.79 Å². The fourth-order valence-electron chi connectivity index (χ4n) is 1.56. The molecule has 1 aromatic rings. The molecule has 0 fully saturated rings. The van der Waals surface area contributed by atoms with Crippen LogP contribution in [0.15, 0.2) is 24.4 Å². The molecule has 0 aromatic carbocycles. The van der Waals surface area contributed by atoms with Crippen LogP contribution >= 0.6 is 0 Å². The van der Waals surface area contributed by atoms with Crippen LogP contribution in [0, 0.1) is 0 Å². The van der Waals surface area contributed by atoms with Gasteiger partial charge in [0, 0.05) is 37.3 Å². The number of hydrogen-bond donors (Lipinski definition) is 3. The molecule has 0 aliphatic rings. The van der Waals surface area contributed by atoms with Gasteiger partial charge < -0.3 is 15.7 Å². The van der Waals surface area contributed by atoms with Gasteiger partial charge in [-0.3, -0.25) is 14.6 Å². The van der Waals surface area contributed by atoms with Crippen molar-refractivity contribution in [2.24, 2.45) is 0 Å². The summed E-state index contributed by atoms with van der Waals surface area (Å²) < 4.78 is 0. The van der Waals surface area contributed by atoms with Crippen molar-refractivity contribution in [3.8, 4) is 0 Å². The Balaban J connectivity index is 2.66. The fraction of sp³-hybridized carbons (Fsp3) is 0.286. The number of carboxylic acid groups (broad SMARTS) is 1. The summed E-state index contributed by atoms with van der Waals surface area (Å²) in [5.41, 5.74) is 0.515. The fourth-order valence-corrected chi connectivity index (χ4v) is 1.56. The molecular formula is C14H17N3O4. The highest BCUT2D eigenvalue weighted by atomic mass is 16.4. The second-order valence-corrected chi connectivity index (χ2v) is 4.07. The van der Waals surface area contributed by atoms with Crippen LogP contribution in [0.25, 0.3) is 6.08 Å². The highest BCUT2D eigenvalue weighted by molar-refractivity contribution is 5.97. The number of carbonyl (C=O) groups is 3. The van der Waals surface area contributed by atoms with Crippen LogP contribution in [0.2, 0.25) is 0 Å². The molecular weight excluding hydrogens is 274 g/mol. The molecule has 0 saturated carbocycles. The van der Waals surface area contributed by atoms with E-state index in [0.717, 1.165) is 6.08 Å². The molecule has 1 aromatic heterocycles. The third-order valence-electron chi connectivity index (χ3n) is 2.47. The maximum atomic E-state index is 12.0. The van der Waals surface area contributed by atoms with Gasteiger partial charge in [-0.05, 0) is 19.1 Å². The molecule has 0 aliphatic heterocycles. The first-order valence-corrected chi connectivity index (χ1v) is 6.45. The van der Waals surface area contributed by atoms with Crippen LogP contribution in [-0.4, -0.2) is 41.0 Å². The molecule has 0 aliphatic carbocycles. The number of amides is 2. The van der Waals surface area contributed by atoms with Crippen molar-refractivity contribution < 1.29 is 19.5 Å². The van der Waals surface area contributed by atoms with E-state index in [1.807, 2.05) is 6.92 Å². The zero-order chi connectivity index (χ0) is 15.7. The van der Waals surface area contributed by atoms with Gasteiger partial charge in [-0.2, -0.15) is 0 Å². The van der Waals surface area contributed by atoms with Gasteiger partial charge in [0.05, 0.1) is 0 Å². The Morgan fingerprint density at radius 1 is 1.33 bits per heavy atom. The van der Waals surface area contributed by atoms with Gasteiger partial charge in [0.2, 0.25) is 5.91 Å². The molecule has 0 spiro atoms. The summed E-state index contributed by atoms with van der Waals surface area (Å²) in [6.45, 7) is 2.53. The zero-order valence-corrected chi connectivity index (χ0v) is 11.6. The Morgan fingerprint density at radius 2 is 2.10 bits per heavy atom. The van der Waals surface area contributed by atoms with Gasteiger partial charge >= 0.3 is 5.97 Å². The normalized spacial score (nSPS) is 10.3. The Bertz CT molecular complexity index is 555. The lowest BCUT2D eigenvalue weighted by Gasteiger charge is -2.07. The number of nitrogens with zero attached hydrogens (tertiary/aromatic N) is 1. The lowest BCUT2D eigenvalue weighted by atomic mass is 10.1. The van der Waals surface area contributed by atoms with Crippen molar-refractivity contribution in [1.29, 1.82) is 0 Å². The minimum atomic E-state index is -1.11. The van der Waals surface area contributed by atoms with Crippen molar-refractivity contribution in [2.75, 3.05) is 13.1 Å². The molecule has 1 rings (SSSR count). The molecule has 2 amide bonds. The summed E-state index contributed by atoms with van der Waals surface area (Å²) in [7, 11) is 0. The zero-order valence-electron chi connectivity index (χ0n) is 11.6. The summed E-state index contributed by atoms with van der Waals surface area (Å²) in [5, 5.41) is 13.8. The lowest BCUT2D eigenvalue weighted by molar-refractivity contribution is -0.131. The number of hydrogen-bond acceptors (Lipinski definition) is 4. The maximum absolute atomic E-state index is 12.0. The topological polar surface area (TPSA) is 108 Å². The average molecular weight is 291 g/mol. The summed E-state index contributed by atoms with van der Waals surface area (Å²) >= 11 is 0. The maximum Gasteiger partial charge on any atom is 0.328 e. The molecule has 0 atom stereocenters. The minimum Gasteiger partial charge on any atom is -0.478 e. The highest BCUT2D eigenvalue weighted by Gasteiger charge is 2.11. The number of carbonyl (C=O) groups excluding carboxylic acids is 2. The summed E-state index contributed by atoms with van der Waals surface area (Å²) in [6, 6.07) is 3.19. The van der Waals surface area contributed by atoms with E-state index in [0.29, 0.717) is 12.1 Å². The highest BCUT2D eigenvalue weighted by Crippen LogP contribution is 2.07. The van der Waals surface area contributed by atoms with Crippen molar-refractivity contribution in [2.45, 2.75) is 13.3 Å². The third-order valence-corrected chi connectivity index (χ3v) is 2.47. The van der Waals surface area contributed by atoms with Crippen LogP contribution in [0.1, 0.15) is 29.4 Å². The second-order valence-electron chi connectivity index (χ2n) is 4.07. The van der Waals surface area contributed by atoms with Crippen LogP contribution in [0.5, 0.6) is 0 Å². The third kappa shape index (κ3) is 5.85. The van der Waals surface area contributed by atoms with E-state index in [1.165, 1.54) is 12.3 Å². The molecule has 7 heteroatoms. The first-order chi connectivity index (χ1) is 10.0. The van der Waals surface area contributed by atoms with Gasteiger partial charge in [0.1, 0.15) is 5.69 Å². The number of carboxylic acids is 1. The Labute approximate surface area is 122 Å². The van der Waals surface area contributed by atoms with E-state index in [4.69, 9.17) is 5.11 Å². The summed E-state index contributed by atoms with van der Waals surface area (Å²) in [6.07, 6.45) is 3.85. The van der Waals surface area contributed by atoms with E-state index in [9.17, 15) is 14.4 Å². The number of pyridine rings is 1. The molecule has 0 saturated heterocycles. The standard InChI is InChI=1S/C14H17N3O4/c1-2-15-11(18)7-9-17-14(21)13-10(4-3-8-16-13)5-6-12(19)20/h3-6,8H,2,7,9H2,1H3,(H,15,18)(H,17,21)(H,19,20)/b6-5+. The Hall–Kier alpha value is -2.70. The van der Waals surface area contributed by atoms with Crippen LogP contribution in [0.3, 0.4) is 0 Å². The molecule has 7 nitrogen and oxygen atoms in total. The van der Waals surface area contributed by atoms with Gasteiger partial charge in [-0.15, -0.1) is 0 Å².